The van der Waals surface area contributed by atoms with Crippen LogP contribution in [0.2, 0.25) is 0 Å². The fourth-order valence-electron chi connectivity index (χ4n) is 5.60. The molecule has 1 N–H and O–H groups in total. The number of ether oxygens (including phenoxy) is 2. The zero-order valence-electron chi connectivity index (χ0n) is 28.8. The number of aromatic nitrogens is 2. The second-order valence-corrected chi connectivity index (χ2v) is 13.2. The van der Waals surface area contributed by atoms with Gasteiger partial charge in [-0.1, -0.05) is 18.2 Å². The summed E-state index contributed by atoms with van der Waals surface area (Å²) < 4.78 is 26.2. The van der Waals surface area contributed by atoms with Gasteiger partial charge in [-0.2, -0.15) is 0 Å². The minimum Gasteiger partial charge on any atom is -0.444 e. The summed E-state index contributed by atoms with van der Waals surface area (Å²) in [5.74, 6) is -1.50. The molecule has 260 valence electrons. The summed E-state index contributed by atoms with van der Waals surface area (Å²) >= 11 is 0. The molecule has 48 heavy (non-hydrogen) atoms. The topological polar surface area (TPSA) is 126 Å². The van der Waals surface area contributed by atoms with Crippen LogP contribution >= 0.6 is 0 Å². The van der Waals surface area contributed by atoms with Crippen LogP contribution < -0.4 is 5.32 Å². The van der Waals surface area contributed by atoms with Gasteiger partial charge in [-0.05, 0) is 83.7 Å². The van der Waals surface area contributed by atoms with Gasteiger partial charge in [0.05, 0.1) is 6.10 Å². The van der Waals surface area contributed by atoms with Crippen LogP contribution in [0.25, 0.3) is 5.65 Å². The van der Waals surface area contributed by atoms with E-state index in [4.69, 9.17) is 9.47 Å². The maximum absolute atomic E-state index is 14.1. The van der Waals surface area contributed by atoms with Crippen molar-refractivity contribution in [1.29, 1.82) is 0 Å². The number of imidazole rings is 1. The minimum atomic E-state index is -1.04. The second-order valence-electron chi connectivity index (χ2n) is 13.2. The van der Waals surface area contributed by atoms with Gasteiger partial charge in [0, 0.05) is 52.2 Å². The zero-order chi connectivity index (χ0) is 35.2. The van der Waals surface area contributed by atoms with Crippen molar-refractivity contribution in [3.8, 4) is 0 Å². The van der Waals surface area contributed by atoms with E-state index in [-0.39, 0.29) is 35.9 Å². The molecular weight excluding hydrogens is 619 g/mol. The first kappa shape index (κ1) is 36.3. The first-order valence-corrected chi connectivity index (χ1v) is 16.3. The number of likely N-dealkylation sites (N-methyl/N-ethyl adjacent to an activating group) is 1. The minimum absolute atomic E-state index is 0.236. The normalized spacial score (nSPS) is 16.7. The molecule has 4 atom stereocenters. The van der Waals surface area contributed by atoms with Gasteiger partial charge in [0.15, 0.2) is 0 Å². The molecule has 0 bridgehead atoms. The summed E-state index contributed by atoms with van der Waals surface area (Å²) in [4.78, 5) is 63.1. The summed E-state index contributed by atoms with van der Waals surface area (Å²) in [6.45, 7) is 9.45. The Kier molecular flexibility index (Phi) is 11.8. The number of carbonyl (C=O) groups is 4. The van der Waals surface area contributed by atoms with Gasteiger partial charge in [0.25, 0.3) is 5.91 Å². The van der Waals surface area contributed by atoms with Crippen LogP contribution in [0.3, 0.4) is 0 Å². The third-order valence-electron chi connectivity index (χ3n) is 8.59. The molecule has 4 amide bonds. The average Bonchev–Trinajstić information content (AvgIpc) is 3.71. The van der Waals surface area contributed by atoms with Gasteiger partial charge in [-0.3, -0.25) is 19.3 Å². The number of hydrogen-bond donors (Lipinski definition) is 1. The van der Waals surface area contributed by atoms with Gasteiger partial charge >= 0.3 is 6.09 Å². The van der Waals surface area contributed by atoms with Crippen molar-refractivity contribution in [2.75, 3.05) is 33.8 Å². The second kappa shape index (κ2) is 15.6. The Balaban J connectivity index is 1.52. The summed E-state index contributed by atoms with van der Waals surface area (Å²) in [5, 5.41) is 2.80. The SMILES string of the molecule is COC(C)C(NC(=O)C(C)N(C)C(=O)OC(C)(C)C)C(=O)N1CCCC1CN(CCc1ccc(F)cc1)C(=O)c1cn2ccccc2n1. The quantitative estimate of drug-likeness (QED) is 0.311. The number of amides is 4. The fraction of sp³-hybridized carbons (Fsp3) is 0.514. The molecule has 1 aliphatic heterocycles. The van der Waals surface area contributed by atoms with E-state index in [9.17, 15) is 23.6 Å². The van der Waals surface area contributed by atoms with Crippen LogP contribution in [0.4, 0.5) is 9.18 Å². The standard InChI is InChI=1S/C35H47FN6O6/c1-23(39(6)34(46)48-35(3,4)5)31(43)38-30(24(2)47-7)33(45)42-19-10-11-27(42)21-41(20-17-25-13-15-26(36)16-14-25)32(44)28-22-40-18-9-8-12-29(40)37-28/h8-9,12-16,18,22-24,27,30H,10-11,17,19-21H2,1-7H3,(H,38,43). The van der Waals surface area contributed by atoms with Gasteiger partial charge in [-0.25, -0.2) is 14.2 Å². The van der Waals surface area contributed by atoms with E-state index in [1.807, 2.05) is 24.4 Å². The number of rotatable bonds is 12. The Labute approximate surface area is 281 Å². The number of likely N-dealkylation sites (tertiary alicyclic amines) is 1. The Morgan fingerprint density at radius 2 is 1.81 bits per heavy atom. The number of nitrogens with one attached hydrogen (secondary N) is 1. The van der Waals surface area contributed by atoms with Crippen molar-refractivity contribution in [3.05, 3.63) is 71.9 Å². The van der Waals surface area contributed by atoms with Crippen LogP contribution in [-0.4, -0.2) is 112 Å². The Hall–Kier alpha value is -4.52. The monoisotopic (exact) mass is 666 g/mol. The van der Waals surface area contributed by atoms with Gasteiger partial charge < -0.3 is 29.0 Å². The van der Waals surface area contributed by atoms with E-state index in [2.05, 4.69) is 10.3 Å². The molecule has 1 saturated heterocycles. The summed E-state index contributed by atoms with van der Waals surface area (Å²) in [7, 11) is 2.92. The van der Waals surface area contributed by atoms with Crippen LogP contribution in [0.5, 0.6) is 0 Å². The Bertz CT molecular complexity index is 1560. The van der Waals surface area contributed by atoms with E-state index in [0.29, 0.717) is 38.0 Å². The molecule has 13 heteroatoms. The van der Waals surface area contributed by atoms with Crippen LogP contribution in [-0.2, 0) is 25.5 Å². The van der Waals surface area contributed by atoms with Crippen molar-refractivity contribution in [3.63, 3.8) is 0 Å². The van der Waals surface area contributed by atoms with Gasteiger partial charge in [-0.15, -0.1) is 0 Å². The molecule has 12 nitrogen and oxygen atoms in total. The van der Waals surface area contributed by atoms with E-state index in [1.165, 1.54) is 31.2 Å². The number of carbonyl (C=O) groups excluding carboxylic acids is 4. The van der Waals surface area contributed by atoms with Gasteiger partial charge in [0.2, 0.25) is 11.8 Å². The number of nitrogens with zero attached hydrogens (tertiary/aromatic N) is 5. The lowest BCUT2D eigenvalue weighted by molar-refractivity contribution is -0.141. The third-order valence-corrected chi connectivity index (χ3v) is 8.59. The molecule has 0 spiro atoms. The largest absolute Gasteiger partial charge is 0.444 e. The fourth-order valence-corrected chi connectivity index (χ4v) is 5.60. The lowest BCUT2D eigenvalue weighted by atomic mass is 10.1. The maximum atomic E-state index is 14.1. The lowest BCUT2D eigenvalue weighted by Gasteiger charge is -2.35. The van der Waals surface area contributed by atoms with Crippen LogP contribution in [0, 0.1) is 5.82 Å². The third kappa shape index (κ3) is 9.09. The van der Waals surface area contributed by atoms with Crippen LogP contribution in [0.15, 0.2) is 54.9 Å². The van der Waals surface area contributed by atoms with Crippen molar-refractivity contribution in [1.82, 2.24) is 29.4 Å². The number of benzene rings is 1. The molecule has 2 aromatic heterocycles. The Morgan fingerprint density at radius 1 is 1.10 bits per heavy atom. The molecule has 0 saturated carbocycles. The van der Waals surface area contributed by atoms with E-state index in [0.717, 1.165) is 5.56 Å². The van der Waals surface area contributed by atoms with E-state index >= 15 is 0 Å². The highest BCUT2D eigenvalue weighted by molar-refractivity contribution is 5.93. The summed E-state index contributed by atoms with van der Waals surface area (Å²) in [6, 6.07) is 9.35. The lowest BCUT2D eigenvalue weighted by Crippen LogP contribution is -2.59. The number of methoxy groups -OCH3 is 1. The predicted octanol–water partition coefficient (Wildman–Crippen LogP) is 3.92. The van der Waals surface area contributed by atoms with Crippen molar-refractivity contribution in [2.24, 2.45) is 0 Å². The highest BCUT2D eigenvalue weighted by atomic mass is 19.1. The molecule has 4 rings (SSSR count). The molecule has 0 aliphatic carbocycles. The molecule has 1 aromatic carbocycles. The molecule has 1 aliphatic rings. The smallest absolute Gasteiger partial charge is 0.410 e. The first-order chi connectivity index (χ1) is 22.7. The highest BCUT2D eigenvalue weighted by Crippen LogP contribution is 2.22. The van der Waals surface area contributed by atoms with Gasteiger partial charge in [0.1, 0.15) is 34.8 Å². The molecule has 3 aromatic rings. The van der Waals surface area contributed by atoms with Crippen LogP contribution in [0.1, 0.15) is 63.5 Å². The van der Waals surface area contributed by atoms with E-state index in [1.54, 1.807) is 67.1 Å². The molecule has 1 fully saturated rings. The number of pyridine rings is 1. The average molecular weight is 667 g/mol. The van der Waals surface area contributed by atoms with Crippen molar-refractivity contribution in [2.45, 2.75) is 83.7 Å². The molecule has 0 radical (unpaired) electrons. The van der Waals surface area contributed by atoms with Crippen molar-refractivity contribution < 1.29 is 33.0 Å². The number of halogens is 1. The maximum Gasteiger partial charge on any atom is 0.410 e. The van der Waals surface area contributed by atoms with Crippen molar-refractivity contribution >= 4 is 29.5 Å². The first-order valence-electron chi connectivity index (χ1n) is 16.3. The number of hydrogen-bond acceptors (Lipinski definition) is 7. The number of fused-ring (bicyclic) bond motifs is 1. The highest BCUT2D eigenvalue weighted by Gasteiger charge is 2.39. The Morgan fingerprint density at radius 3 is 2.46 bits per heavy atom. The summed E-state index contributed by atoms with van der Waals surface area (Å²) in [6.07, 6.45) is 3.99. The molecule has 3 heterocycles. The van der Waals surface area contributed by atoms with E-state index < -0.39 is 35.8 Å². The predicted molar refractivity (Wildman–Crippen MR) is 178 cm³/mol. The summed E-state index contributed by atoms with van der Waals surface area (Å²) in [5.41, 5.74) is 1.04. The molecule has 4 unspecified atom stereocenters. The zero-order valence-corrected chi connectivity index (χ0v) is 28.8. The molecular formula is C35H47FN6O6.